The summed E-state index contributed by atoms with van der Waals surface area (Å²) in [6.45, 7) is 2.46. The van der Waals surface area contributed by atoms with Crippen molar-refractivity contribution in [3.05, 3.63) is 62.9 Å². The molecule has 1 heterocycles. The number of halogens is 2. The second kappa shape index (κ2) is 5.60. The molecule has 0 spiro atoms. The topological polar surface area (TPSA) is 26.3 Å². The molecule has 2 aromatic carbocycles. The Labute approximate surface area is 131 Å². The molecule has 2 aromatic rings. The standard InChI is InChI=1S/C17H14BrFO2/c1-10-2-3-14(19)9-15(10)16(20)8-12-7-13(18)6-11-4-5-21-17(11)12/h2-3,6-7,9H,4-5,8H2,1H3. The number of hydrogen-bond donors (Lipinski definition) is 0. The third kappa shape index (κ3) is 2.86. The molecule has 1 aliphatic rings. The van der Waals surface area contributed by atoms with E-state index in [1.54, 1.807) is 6.07 Å². The molecule has 0 saturated heterocycles. The van der Waals surface area contributed by atoms with Crippen LogP contribution < -0.4 is 4.74 Å². The molecular weight excluding hydrogens is 335 g/mol. The van der Waals surface area contributed by atoms with Crippen molar-refractivity contribution in [1.82, 2.24) is 0 Å². The normalized spacial score (nSPS) is 12.9. The summed E-state index contributed by atoms with van der Waals surface area (Å²) in [5, 5.41) is 0. The van der Waals surface area contributed by atoms with Crippen molar-refractivity contribution in [1.29, 1.82) is 0 Å². The van der Waals surface area contributed by atoms with Gasteiger partial charge in [0.15, 0.2) is 5.78 Å². The number of rotatable bonds is 3. The maximum atomic E-state index is 13.3. The van der Waals surface area contributed by atoms with Gasteiger partial charge in [0.25, 0.3) is 0 Å². The van der Waals surface area contributed by atoms with E-state index < -0.39 is 0 Å². The predicted molar refractivity (Wildman–Crippen MR) is 82.5 cm³/mol. The Bertz CT molecular complexity index is 725. The largest absolute Gasteiger partial charge is 0.493 e. The lowest BCUT2D eigenvalue weighted by molar-refractivity contribution is 0.0991. The molecule has 0 aromatic heterocycles. The van der Waals surface area contributed by atoms with Gasteiger partial charge in [-0.25, -0.2) is 4.39 Å². The van der Waals surface area contributed by atoms with Crippen molar-refractivity contribution >= 4 is 21.7 Å². The van der Waals surface area contributed by atoms with E-state index in [4.69, 9.17) is 4.74 Å². The van der Waals surface area contributed by atoms with Gasteiger partial charge in [0.2, 0.25) is 0 Å². The minimum atomic E-state index is -0.389. The van der Waals surface area contributed by atoms with E-state index in [1.807, 2.05) is 19.1 Å². The third-order valence-electron chi connectivity index (χ3n) is 3.68. The van der Waals surface area contributed by atoms with E-state index in [1.165, 1.54) is 12.1 Å². The van der Waals surface area contributed by atoms with Crippen LogP contribution in [0.4, 0.5) is 4.39 Å². The van der Waals surface area contributed by atoms with Crippen molar-refractivity contribution in [3.63, 3.8) is 0 Å². The van der Waals surface area contributed by atoms with Gasteiger partial charge < -0.3 is 4.74 Å². The van der Waals surface area contributed by atoms with Gasteiger partial charge in [0, 0.05) is 28.4 Å². The molecule has 0 atom stereocenters. The molecule has 4 heteroatoms. The van der Waals surface area contributed by atoms with Crippen LogP contribution in [0.25, 0.3) is 0 Å². The van der Waals surface area contributed by atoms with E-state index in [9.17, 15) is 9.18 Å². The first-order valence-corrected chi connectivity index (χ1v) is 7.57. The van der Waals surface area contributed by atoms with E-state index in [0.29, 0.717) is 12.2 Å². The Morgan fingerprint density at radius 3 is 2.95 bits per heavy atom. The SMILES string of the molecule is Cc1ccc(F)cc1C(=O)Cc1cc(Br)cc2c1OCC2. The highest BCUT2D eigenvalue weighted by Crippen LogP contribution is 2.33. The number of hydrogen-bond acceptors (Lipinski definition) is 2. The smallest absolute Gasteiger partial charge is 0.167 e. The summed E-state index contributed by atoms with van der Waals surface area (Å²) in [5.41, 5.74) is 3.18. The van der Waals surface area contributed by atoms with Gasteiger partial charge in [0.1, 0.15) is 11.6 Å². The molecule has 0 unspecified atom stereocenters. The number of carbonyl (C=O) groups is 1. The van der Waals surface area contributed by atoms with Crippen molar-refractivity contribution in [2.75, 3.05) is 6.61 Å². The molecule has 2 nitrogen and oxygen atoms in total. The average Bonchev–Trinajstić information content (AvgIpc) is 2.89. The highest BCUT2D eigenvalue weighted by Gasteiger charge is 2.20. The predicted octanol–water partition coefficient (Wildman–Crippen LogP) is 4.26. The zero-order valence-corrected chi connectivity index (χ0v) is 13.2. The van der Waals surface area contributed by atoms with Gasteiger partial charge in [0.05, 0.1) is 6.61 Å². The summed E-state index contributed by atoms with van der Waals surface area (Å²) >= 11 is 3.46. The van der Waals surface area contributed by atoms with Crippen LogP contribution in [0.2, 0.25) is 0 Å². The molecule has 21 heavy (non-hydrogen) atoms. The molecule has 0 radical (unpaired) electrons. The first-order chi connectivity index (χ1) is 10.0. The lowest BCUT2D eigenvalue weighted by atomic mass is 9.97. The summed E-state index contributed by atoms with van der Waals surface area (Å²) in [6.07, 6.45) is 1.07. The lowest BCUT2D eigenvalue weighted by Gasteiger charge is -2.10. The Morgan fingerprint density at radius 1 is 1.33 bits per heavy atom. The second-order valence-corrected chi connectivity index (χ2v) is 6.13. The van der Waals surface area contributed by atoms with Crippen molar-refractivity contribution < 1.29 is 13.9 Å². The van der Waals surface area contributed by atoms with Gasteiger partial charge >= 0.3 is 0 Å². The van der Waals surface area contributed by atoms with Gasteiger partial charge in [-0.1, -0.05) is 22.0 Å². The summed E-state index contributed by atoms with van der Waals surface area (Å²) in [7, 11) is 0. The molecule has 0 fully saturated rings. The zero-order chi connectivity index (χ0) is 15.0. The number of fused-ring (bicyclic) bond motifs is 1. The van der Waals surface area contributed by atoms with Crippen LogP contribution in [0.15, 0.2) is 34.8 Å². The quantitative estimate of drug-likeness (QED) is 0.774. The molecule has 0 amide bonds. The minimum Gasteiger partial charge on any atom is -0.493 e. The molecule has 108 valence electrons. The molecule has 0 aliphatic carbocycles. The Morgan fingerprint density at radius 2 is 2.14 bits per heavy atom. The number of ether oxygens (including phenoxy) is 1. The molecule has 0 bridgehead atoms. The van der Waals surface area contributed by atoms with E-state index in [0.717, 1.165) is 33.3 Å². The molecular formula is C17H14BrFO2. The number of Topliss-reactive ketones (excluding diaryl/α,β-unsaturated/α-hetero) is 1. The number of aryl methyl sites for hydroxylation is 1. The van der Waals surface area contributed by atoms with Crippen LogP contribution in [-0.4, -0.2) is 12.4 Å². The van der Waals surface area contributed by atoms with Crippen LogP contribution >= 0.6 is 15.9 Å². The van der Waals surface area contributed by atoms with E-state index in [2.05, 4.69) is 15.9 Å². The fourth-order valence-corrected chi connectivity index (χ4v) is 3.19. The number of ketones is 1. The zero-order valence-electron chi connectivity index (χ0n) is 11.6. The summed E-state index contributed by atoms with van der Waals surface area (Å²) in [5.74, 6) is 0.322. The van der Waals surface area contributed by atoms with Crippen LogP contribution in [0.5, 0.6) is 5.75 Å². The van der Waals surface area contributed by atoms with Gasteiger partial charge in [-0.3, -0.25) is 4.79 Å². The van der Waals surface area contributed by atoms with Gasteiger partial charge in [-0.15, -0.1) is 0 Å². The average molecular weight is 349 g/mol. The maximum absolute atomic E-state index is 13.3. The molecule has 0 saturated carbocycles. The summed E-state index contributed by atoms with van der Waals surface area (Å²) in [4.78, 5) is 12.5. The fourth-order valence-electron chi connectivity index (χ4n) is 2.64. The van der Waals surface area contributed by atoms with Crippen LogP contribution in [0.1, 0.15) is 27.0 Å². The molecule has 1 aliphatic heterocycles. The second-order valence-electron chi connectivity index (χ2n) is 5.21. The lowest BCUT2D eigenvalue weighted by Crippen LogP contribution is -2.07. The van der Waals surface area contributed by atoms with E-state index in [-0.39, 0.29) is 18.0 Å². The molecule has 0 N–H and O–H groups in total. The van der Waals surface area contributed by atoms with Crippen molar-refractivity contribution in [3.8, 4) is 5.75 Å². The Kier molecular flexibility index (Phi) is 3.81. The third-order valence-corrected chi connectivity index (χ3v) is 4.13. The Hall–Kier alpha value is -1.68. The van der Waals surface area contributed by atoms with Crippen LogP contribution in [0, 0.1) is 12.7 Å². The monoisotopic (exact) mass is 348 g/mol. The molecule has 3 rings (SSSR count). The summed E-state index contributed by atoms with van der Waals surface area (Å²) < 4.78 is 19.9. The highest BCUT2D eigenvalue weighted by molar-refractivity contribution is 9.10. The number of benzene rings is 2. The highest BCUT2D eigenvalue weighted by atomic mass is 79.9. The minimum absolute atomic E-state index is 0.0946. The maximum Gasteiger partial charge on any atom is 0.167 e. The first-order valence-electron chi connectivity index (χ1n) is 6.78. The van der Waals surface area contributed by atoms with Crippen LogP contribution in [-0.2, 0) is 12.8 Å². The van der Waals surface area contributed by atoms with Gasteiger partial charge in [-0.05, 0) is 42.3 Å². The van der Waals surface area contributed by atoms with Gasteiger partial charge in [-0.2, -0.15) is 0 Å². The fraction of sp³-hybridized carbons (Fsp3) is 0.235. The number of carbonyl (C=O) groups excluding carboxylic acids is 1. The van der Waals surface area contributed by atoms with Crippen molar-refractivity contribution in [2.24, 2.45) is 0 Å². The Balaban J connectivity index is 1.94. The summed E-state index contributed by atoms with van der Waals surface area (Å²) in [6, 6.07) is 8.22. The first kappa shape index (κ1) is 14.3. The van der Waals surface area contributed by atoms with E-state index >= 15 is 0 Å². The van der Waals surface area contributed by atoms with Crippen LogP contribution in [0.3, 0.4) is 0 Å². The van der Waals surface area contributed by atoms with Crippen molar-refractivity contribution in [2.45, 2.75) is 19.8 Å².